The van der Waals surface area contributed by atoms with Crippen LogP contribution in [0.2, 0.25) is 5.02 Å². The molecule has 0 aromatic heterocycles. The third-order valence-electron chi connectivity index (χ3n) is 4.64. The number of para-hydroxylation sites is 3. The molecular formula is C25H19ClN2O4S. The van der Waals surface area contributed by atoms with Crippen LogP contribution in [0.1, 0.15) is 10.4 Å². The molecule has 4 aromatic carbocycles. The van der Waals surface area contributed by atoms with Gasteiger partial charge in [0, 0.05) is 5.56 Å². The van der Waals surface area contributed by atoms with Gasteiger partial charge in [0.15, 0.2) is 5.75 Å². The second kappa shape index (κ2) is 9.77. The number of nitrogens with one attached hydrogen (secondary N) is 2. The average Bonchev–Trinajstić information content (AvgIpc) is 2.83. The lowest BCUT2D eigenvalue weighted by molar-refractivity contribution is 0.102. The molecule has 2 N–H and O–H groups in total. The van der Waals surface area contributed by atoms with Gasteiger partial charge in [0.2, 0.25) is 0 Å². The molecule has 0 unspecified atom stereocenters. The first-order chi connectivity index (χ1) is 15.9. The van der Waals surface area contributed by atoms with Crippen LogP contribution in [0, 0.1) is 0 Å². The van der Waals surface area contributed by atoms with Gasteiger partial charge in [-0.25, -0.2) is 8.42 Å². The summed E-state index contributed by atoms with van der Waals surface area (Å²) >= 11 is 6.28. The molecule has 33 heavy (non-hydrogen) atoms. The number of anilines is 2. The van der Waals surface area contributed by atoms with Crippen LogP contribution < -0.4 is 14.8 Å². The molecule has 0 saturated carbocycles. The molecule has 0 aliphatic heterocycles. The first-order valence-corrected chi connectivity index (χ1v) is 11.8. The number of hydrogen-bond donors (Lipinski definition) is 2. The molecule has 0 aliphatic carbocycles. The summed E-state index contributed by atoms with van der Waals surface area (Å²) in [5, 5.41) is 2.90. The van der Waals surface area contributed by atoms with Crippen molar-refractivity contribution in [2.45, 2.75) is 4.90 Å². The van der Waals surface area contributed by atoms with Crippen molar-refractivity contribution in [2.24, 2.45) is 0 Å². The molecular weight excluding hydrogens is 460 g/mol. The molecule has 1 amide bonds. The molecule has 166 valence electrons. The Morgan fingerprint density at radius 1 is 0.758 bits per heavy atom. The SMILES string of the molecule is O=C(Nc1ccccc1Oc1ccccc1)c1ccc(NS(=O)(=O)c2ccccc2)c(Cl)c1. The molecule has 0 atom stereocenters. The van der Waals surface area contributed by atoms with Crippen molar-refractivity contribution < 1.29 is 17.9 Å². The summed E-state index contributed by atoms with van der Waals surface area (Å²) in [7, 11) is -3.80. The van der Waals surface area contributed by atoms with E-state index in [2.05, 4.69) is 10.0 Å². The molecule has 8 heteroatoms. The number of benzene rings is 4. The third kappa shape index (κ3) is 5.52. The molecule has 6 nitrogen and oxygen atoms in total. The number of carbonyl (C=O) groups excluding carboxylic acids is 1. The molecule has 0 bridgehead atoms. The summed E-state index contributed by atoms with van der Waals surface area (Å²) in [5.74, 6) is 0.700. The fraction of sp³-hybridized carbons (Fsp3) is 0. The summed E-state index contributed by atoms with van der Waals surface area (Å²) in [5.41, 5.74) is 0.915. The summed E-state index contributed by atoms with van der Waals surface area (Å²) in [6.45, 7) is 0. The maximum Gasteiger partial charge on any atom is 0.261 e. The van der Waals surface area contributed by atoms with Crippen LogP contribution in [-0.4, -0.2) is 14.3 Å². The van der Waals surface area contributed by atoms with Crippen LogP contribution in [0.15, 0.2) is 108 Å². The van der Waals surface area contributed by atoms with E-state index in [9.17, 15) is 13.2 Å². The summed E-state index contributed by atoms with van der Waals surface area (Å²) in [4.78, 5) is 12.9. The van der Waals surface area contributed by atoms with Crippen molar-refractivity contribution in [1.82, 2.24) is 0 Å². The van der Waals surface area contributed by atoms with Gasteiger partial charge < -0.3 is 10.1 Å². The Morgan fingerprint density at radius 3 is 2.09 bits per heavy atom. The highest BCUT2D eigenvalue weighted by Crippen LogP contribution is 2.30. The Morgan fingerprint density at radius 2 is 1.39 bits per heavy atom. The van der Waals surface area contributed by atoms with Gasteiger partial charge in [0.05, 0.1) is 21.3 Å². The molecule has 0 radical (unpaired) electrons. The normalized spacial score (nSPS) is 10.9. The molecule has 4 rings (SSSR count). The van der Waals surface area contributed by atoms with Gasteiger partial charge in [-0.15, -0.1) is 0 Å². The molecule has 0 fully saturated rings. The molecule has 0 aliphatic rings. The lowest BCUT2D eigenvalue weighted by Crippen LogP contribution is -2.15. The zero-order valence-electron chi connectivity index (χ0n) is 17.2. The lowest BCUT2D eigenvalue weighted by atomic mass is 10.2. The van der Waals surface area contributed by atoms with E-state index in [4.69, 9.17) is 16.3 Å². The van der Waals surface area contributed by atoms with E-state index >= 15 is 0 Å². The Balaban J connectivity index is 1.51. The number of carbonyl (C=O) groups is 1. The van der Waals surface area contributed by atoms with Crippen molar-refractivity contribution in [1.29, 1.82) is 0 Å². The number of ether oxygens (including phenoxy) is 1. The third-order valence-corrected chi connectivity index (χ3v) is 6.33. The number of halogens is 1. The summed E-state index contributed by atoms with van der Waals surface area (Å²) < 4.78 is 33.4. The second-order valence-corrected chi connectivity index (χ2v) is 9.07. The maximum atomic E-state index is 12.8. The smallest absolute Gasteiger partial charge is 0.261 e. The standard InChI is InChI=1S/C25H19ClN2O4S/c26-21-17-18(15-16-22(21)28-33(30,31)20-11-5-2-6-12-20)25(29)27-23-13-7-8-14-24(23)32-19-9-3-1-4-10-19/h1-17,28H,(H,27,29). The Kier molecular flexibility index (Phi) is 6.63. The van der Waals surface area contributed by atoms with Crippen molar-refractivity contribution in [3.8, 4) is 11.5 Å². The summed E-state index contributed by atoms with van der Waals surface area (Å²) in [6.07, 6.45) is 0. The van der Waals surface area contributed by atoms with E-state index in [1.807, 2.05) is 30.3 Å². The predicted molar refractivity (Wildman–Crippen MR) is 130 cm³/mol. The van der Waals surface area contributed by atoms with Crippen LogP contribution in [0.5, 0.6) is 11.5 Å². The average molecular weight is 479 g/mol. The highest BCUT2D eigenvalue weighted by Gasteiger charge is 2.17. The largest absolute Gasteiger partial charge is 0.455 e. The van der Waals surface area contributed by atoms with Gasteiger partial charge in [0.1, 0.15) is 5.75 Å². The van der Waals surface area contributed by atoms with Crippen LogP contribution in [0.4, 0.5) is 11.4 Å². The zero-order valence-corrected chi connectivity index (χ0v) is 18.8. The number of amides is 1. The molecule has 0 saturated heterocycles. The Labute approximate surface area is 196 Å². The minimum atomic E-state index is -3.80. The van der Waals surface area contributed by atoms with E-state index in [1.165, 1.54) is 30.3 Å². The van der Waals surface area contributed by atoms with Gasteiger partial charge in [0.25, 0.3) is 15.9 Å². The topological polar surface area (TPSA) is 84.5 Å². The number of rotatable bonds is 7. The lowest BCUT2D eigenvalue weighted by Gasteiger charge is -2.13. The number of hydrogen-bond acceptors (Lipinski definition) is 4. The van der Waals surface area contributed by atoms with Gasteiger partial charge in [-0.3, -0.25) is 9.52 Å². The maximum absolute atomic E-state index is 12.8. The monoisotopic (exact) mass is 478 g/mol. The van der Waals surface area contributed by atoms with E-state index in [1.54, 1.807) is 42.5 Å². The highest BCUT2D eigenvalue weighted by molar-refractivity contribution is 7.92. The van der Waals surface area contributed by atoms with E-state index in [-0.39, 0.29) is 21.2 Å². The predicted octanol–water partition coefficient (Wildman–Crippen LogP) is 6.19. The van der Waals surface area contributed by atoms with E-state index in [0.717, 1.165) is 0 Å². The first-order valence-electron chi connectivity index (χ1n) is 9.93. The van der Waals surface area contributed by atoms with Crippen molar-refractivity contribution in [2.75, 3.05) is 10.0 Å². The molecule has 0 heterocycles. The minimum Gasteiger partial charge on any atom is -0.455 e. The van der Waals surface area contributed by atoms with Gasteiger partial charge >= 0.3 is 0 Å². The van der Waals surface area contributed by atoms with Gasteiger partial charge in [-0.1, -0.05) is 60.1 Å². The molecule has 0 spiro atoms. The van der Waals surface area contributed by atoms with Crippen molar-refractivity contribution >= 4 is 38.9 Å². The Bertz CT molecular complexity index is 1380. The first kappa shape index (κ1) is 22.4. The van der Waals surface area contributed by atoms with Gasteiger partial charge in [-0.2, -0.15) is 0 Å². The number of sulfonamides is 1. The fourth-order valence-corrected chi connectivity index (χ4v) is 4.40. The van der Waals surface area contributed by atoms with Crippen molar-refractivity contribution in [3.05, 3.63) is 114 Å². The van der Waals surface area contributed by atoms with Crippen LogP contribution in [-0.2, 0) is 10.0 Å². The van der Waals surface area contributed by atoms with Crippen LogP contribution in [0.3, 0.4) is 0 Å². The van der Waals surface area contributed by atoms with Crippen LogP contribution in [0.25, 0.3) is 0 Å². The van der Waals surface area contributed by atoms with Gasteiger partial charge in [-0.05, 0) is 54.6 Å². The highest BCUT2D eigenvalue weighted by atomic mass is 35.5. The minimum absolute atomic E-state index is 0.0935. The quantitative estimate of drug-likeness (QED) is 0.332. The molecule has 4 aromatic rings. The Hall–Kier alpha value is -3.81. The van der Waals surface area contributed by atoms with E-state index in [0.29, 0.717) is 17.2 Å². The van der Waals surface area contributed by atoms with Crippen LogP contribution >= 0.6 is 11.6 Å². The second-order valence-electron chi connectivity index (χ2n) is 6.98. The van der Waals surface area contributed by atoms with E-state index < -0.39 is 15.9 Å². The zero-order chi connectivity index (χ0) is 23.3. The fourth-order valence-electron chi connectivity index (χ4n) is 3.01. The summed E-state index contributed by atoms with van der Waals surface area (Å²) in [6, 6.07) is 28.6. The van der Waals surface area contributed by atoms with Crippen molar-refractivity contribution in [3.63, 3.8) is 0 Å².